The molecule has 2 bridgehead atoms. The summed E-state index contributed by atoms with van der Waals surface area (Å²) < 4.78 is 36.9. The third-order valence-electron chi connectivity index (χ3n) is 15.2. The first-order valence-corrected chi connectivity index (χ1v) is 23.9. The van der Waals surface area contributed by atoms with Crippen molar-refractivity contribution in [2.45, 2.75) is 115 Å². The molecule has 4 aromatic rings. The topological polar surface area (TPSA) is 244 Å². The van der Waals surface area contributed by atoms with E-state index in [9.17, 15) is 39.0 Å². The number of fused-ring (bicyclic) bond motifs is 5. The number of hydrogen-bond acceptors (Lipinski definition) is 16. The first-order valence-electron chi connectivity index (χ1n) is 23.9. The van der Waals surface area contributed by atoms with Crippen molar-refractivity contribution in [2.75, 3.05) is 6.61 Å². The van der Waals surface area contributed by atoms with Gasteiger partial charge in [0.05, 0.1) is 35.2 Å². The number of benzene rings is 4. The van der Waals surface area contributed by atoms with Crippen molar-refractivity contribution in [1.29, 1.82) is 0 Å². The summed E-state index contributed by atoms with van der Waals surface area (Å²) in [6, 6.07) is 28.0. The summed E-state index contributed by atoms with van der Waals surface area (Å²) in [5.74, 6) is -8.47. The van der Waals surface area contributed by atoms with Crippen LogP contribution in [0.2, 0.25) is 0 Å². The molecule has 4 aromatic carbocycles. The van der Waals surface area contributed by atoms with E-state index in [2.05, 4.69) is 5.32 Å². The first kappa shape index (κ1) is 52.0. The van der Waals surface area contributed by atoms with Crippen molar-refractivity contribution in [3.05, 3.63) is 154 Å². The fourth-order valence-electron chi connectivity index (χ4n) is 11.3. The Balaban J connectivity index is 1.31. The molecular formula is C56H57NO16. The average Bonchev–Trinajstić information content (AvgIpc) is 3.36. The van der Waals surface area contributed by atoms with E-state index >= 15 is 9.59 Å². The number of carbonyl (C=O) groups excluding carboxylic acids is 8. The largest absolute Gasteiger partial charge is 0.455 e. The minimum Gasteiger partial charge on any atom is -0.455 e. The van der Waals surface area contributed by atoms with Crippen molar-refractivity contribution in [2.24, 2.45) is 16.7 Å². The number of hydrogen-bond donors (Lipinski definition) is 3. The van der Waals surface area contributed by atoms with Gasteiger partial charge in [-0.3, -0.25) is 24.0 Å². The Labute approximate surface area is 421 Å². The number of aliphatic hydroxyl groups is 2. The van der Waals surface area contributed by atoms with Crippen molar-refractivity contribution >= 4 is 47.3 Å². The highest BCUT2D eigenvalue weighted by atomic mass is 16.6. The molecule has 3 fully saturated rings. The Morgan fingerprint density at radius 2 is 1.27 bits per heavy atom. The number of Topliss-reactive ketones (excluding diaryl/α,β-unsaturated/α-hetero) is 2. The van der Waals surface area contributed by atoms with Crippen LogP contribution in [0.4, 0.5) is 0 Å². The molecule has 73 heavy (non-hydrogen) atoms. The Hall–Kier alpha value is -7.34. The van der Waals surface area contributed by atoms with Crippen LogP contribution >= 0.6 is 0 Å². The van der Waals surface area contributed by atoms with Gasteiger partial charge in [0, 0.05) is 43.2 Å². The van der Waals surface area contributed by atoms with Crippen LogP contribution in [0.25, 0.3) is 0 Å². The lowest BCUT2D eigenvalue weighted by atomic mass is 9.44. The summed E-state index contributed by atoms with van der Waals surface area (Å²) in [5.41, 5.74) is -7.38. The van der Waals surface area contributed by atoms with Gasteiger partial charge in [0.25, 0.3) is 5.91 Å². The second-order valence-electron chi connectivity index (χ2n) is 19.9. The van der Waals surface area contributed by atoms with Crippen LogP contribution in [-0.2, 0) is 47.6 Å². The van der Waals surface area contributed by atoms with E-state index in [1.165, 1.54) is 57.2 Å². The molecule has 0 aromatic heterocycles. The minimum absolute atomic E-state index is 0.0342. The van der Waals surface area contributed by atoms with Crippen LogP contribution < -0.4 is 5.32 Å². The van der Waals surface area contributed by atoms with Crippen LogP contribution in [0.15, 0.2) is 126 Å². The van der Waals surface area contributed by atoms with E-state index in [4.69, 9.17) is 28.4 Å². The normalized spacial score (nSPS) is 28.6. The van der Waals surface area contributed by atoms with Crippen LogP contribution in [0.3, 0.4) is 0 Å². The molecule has 0 spiro atoms. The van der Waals surface area contributed by atoms with E-state index in [0.29, 0.717) is 11.1 Å². The van der Waals surface area contributed by atoms with Crippen molar-refractivity contribution in [3.8, 4) is 0 Å². The molecule has 4 aliphatic rings. The summed E-state index contributed by atoms with van der Waals surface area (Å²) in [5, 5.41) is 29.0. The molecule has 0 radical (unpaired) electrons. The van der Waals surface area contributed by atoms with Crippen LogP contribution in [0.1, 0.15) is 114 Å². The fraction of sp³-hybridized carbons (Fsp3) is 0.393. The molecule has 17 nitrogen and oxygen atoms in total. The predicted molar refractivity (Wildman–Crippen MR) is 257 cm³/mol. The average molecular weight is 1000 g/mol. The predicted octanol–water partition coefficient (Wildman–Crippen LogP) is 5.80. The second kappa shape index (κ2) is 19.9. The number of ketones is 2. The number of aliphatic hydroxyl groups excluding tert-OH is 1. The molecule has 3 aliphatic carbocycles. The lowest BCUT2D eigenvalue weighted by molar-refractivity contribution is -0.346. The van der Waals surface area contributed by atoms with Gasteiger partial charge in [0.1, 0.15) is 30.0 Å². The smallest absolute Gasteiger partial charge is 0.350 e. The second-order valence-corrected chi connectivity index (χ2v) is 19.9. The number of carbonyl (C=O) groups is 8. The van der Waals surface area contributed by atoms with Gasteiger partial charge < -0.3 is 44.0 Å². The van der Waals surface area contributed by atoms with Crippen LogP contribution in [0, 0.1) is 16.7 Å². The molecule has 1 aliphatic heterocycles. The molecule has 0 unspecified atom stereocenters. The molecule has 382 valence electrons. The number of esters is 5. The van der Waals surface area contributed by atoms with Gasteiger partial charge in [-0.1, -0.05) is 92.7 Å². The van der Waals surface area contributed by atoms with Crippen molar-refractivity contribution in [1.82, 2.24) is 5.32 Å². The zero-order valence-corrected chi connectivity index (χ0v) is 41.3. The molecular weight excluding hydrogens is 943 g/mol. The highest BCUT2D eigenvalue weighted by Gasteiger charge is 2.78. The molecule has 17 heteroatoms. The van der Waals surface area contributed by atoms with Gasteiger partial charge in [-0.15, -0.1) is 0 Å². The maximum atomic E-state index is 15.8. The molecule has 1 saturated heterocycles. The number of amides is 1. The quantitative estimate of drug-likeness (QED) is 0.0620. The maximum Gasteiger partial charge on any atom is 0.350 e. The van der Waals surface area contributed by atoms with Crippen molar-refractivity contribution in [3.63, 3.8) is 0 Å². The van der Waals surface area contributed by atoms with E-state index in [-0.39, 0.29) is 46.6 Å². The van der Waals surface area contributed by atoms with Gasteiger partial charge in [0.2, 0.25) is 6.10 Å². The summed E-state index contributed by atoms with van der Waals surface area (Å²) in [7, 11) is 0. The van der Waals surface area contributed by atoms with Gasteiger partial charge in [-0.05, 0) is 73.9 Å². The molecule has 1 heterocycles. The van der Waals surface area contributed by atoms with E-state index in [1.54, 1.807) is 92.7 Å². The SMILES string of the molecule is CC(=O)O[C@H]1C(=O)[C@@]2(C)[C@H]([C@H](OC(=O)c3ccccc3)[C@]3(O)C[C@H](OC(=O)[C@H](OC(=O)c4ccc(C(C)=O)cc4)[C@@H](NC(=O)c4ccccc4)c4ccccc4)C(C)=C1C3(C)C)[C@]1(OC(C)=O)CO[C@@H]1C[C@@H]2O. The number of ether oxygens (including phenoxy) is 6. The molecule has 1 amide bonds. The molecule has 11 atom stereocenters. The van der Waals surface area contributed by atoms with Crippen molar-refractivity contribution < 1.29 is 77.0 Å². The van der Waals surface area contributed by atoms with Crippen LogP contribution in [-0.4, -0.2) is 112 Å². The molecule has 8 rings (SSSR count). The van der Waals surface area contributed by atoms with E-state index < -0.39 is 119 Å². The maximum absolute atomic E-state index is 15.8. The Bertz CT molecular complexity index is 2870. The first-order chi connectivity index (χ1) is 34.5. The van der Waals surface area contributed by atoms with Crippen LogP contribution in [0.5, 0.6) is 0 Å². The monoisotopic (exact) mass is 999 g/mol. The van der Waals surface area contributed by atoms with Gasteiger partial charge in [-0.25, -0.2) is 14.4 Å². The van der Waals surface area contributed by atoms with E-state index in [1.807, 2.05) is 0 Å². The lowest BCUT2D eigenvalue weighted by Gasteiger charge is -2.67. The lowest BCUT2D eigenvalue weighted by Crippen LogP contribution is -2.82. The Kier molecular flexibility index (Phi) is 14.2. The zero-order valence-electron chi connectivity index (χ0n) is 41.3. The standard InChI is InChI=1S/C56H57NO16/c1-30-39(70-52(66)45(71-50(64)38-25-23-34(24-26-38)31(2)58)43(35-17-11-8-12-18-35)57-49(63)36-19-13-9-14-20-36)28-56(67)48(72-51(65)37-21-15-10-16-22-37)46-54(7,40(61)27-41-55(46,29-68-41)73-33(4)60)47(62)44(69-32(3)59)42(30)53(56,5)6/h8-26,39-41,43-46,48,61,67H,27-29H2,1-7H3,(H,57,63)/t39-,40-,41+,43-,44+,45+,46-,48-,54+,55-,56+/m0/s1. The van der Waals surface area contributed by atoms with E-state index in [0.717, 1.165) is 13.8 Å². The molecule has 2 saturated carbocycles. The Morgan fingerprint density at radius 1 is 0.712 bits per heavy atom. The number of rotatable bonds is 13. The summed E-state index contributed by atoms with van der Waals surface area (Å²) in [6.07, 6.45) is -11.0. The van der Waals surface area contributed by atoms with Gasteiger partial charge >= 0.3 is 29.8 Å². The number of nitrogens with one attached hydrogen (secondary N) is 1. The highest BCUT2D eigenvalue weighted by molar-refractivity contribution is 5.98. The fourth-order valence-corrected chi connectivity index (χ4v) is 11.3. The zero-order chi connectivity index (χ0) is 52.8. The molecule has 3 N–H and O–H groups in total. The third kappa shape index (κ3) is 9.25. The summed E-state index contributed by atoms with van der Waals surface area (Å²) in [6.45, 7) is 9.17. The summed E-state index contributed by atoms with van der Waals surface area (Å²) in [4.78, 5) is 112. The van der Waals surface area contributed by atoms with Gasteiger partial charge in [-0.2, -0.15) is 0 Å². The third-order valence-corrected chi connectivity index (χ3v) is 15.2. The highest BCUT2D eigenvalue weighted by Crippen LogP contribution is 2.64. The minimum atomic E-state index is -2.49. The Morgan fingerprint density at radius 3 is 1.82 bits per heavy atom. The van der Waals surface area contributed by atoms with Gasteiger partial charge in [0.15, 0.2) is 23.3 Å². The summed E-state index contributed by atoms with van der Waals surface area (Å²) >= 11 is 0.